The third-order valence-electron chi connectivity index (χ3n) is 3.76. The topological polar surface area (TPSA) is 72.5 Å². The number of fused-ring (bicyclic) bond motifs is 1. The summed E-state index contributed by atoms with van der Waals surface area (Å²) in [4.78, 5) is 17.0. The molecule has 4 rings (SSSR count). The maximum Gasteiger partial charge on any atom is 0.586 e. The number of amides is 1. The van der Waals surface area contributed by atoms with Gasteiger partial charge in [-0.25, -0.2) is 0 Å². The number of hydrogen-bond acceptors (Lipinski definition) is 6. The van der Waals surface area contributed by atoms with E-state index >= 15 is 0 Å². The predicted molar refractivity (Wildman–Crippen MR) is 96.5 cm³/mol. The van der Waals surface area contributed by atoms with Crippen LogP contribution in [0.4, 0.5) is 20.2 Å². The van der Waals surface area contributed by atoms with Gasteiger partial charge in [-0.1, -0.05) is 0 Å². The summed E-state index contributed by atoms with van der Waals surface area (Å²) in [7, 11) is 0. The quantitative estimate of drug-likeness (QED) is 0.680. The second kappa shape index (κ2) is 6.84. The minimum absolute atomic E-state index is 0.0752. The molecule has 0 fully saturated rings. The average Bonchev–Trinajstić information content (AvgIpc) is 3.23. The van der Waals surface area contributed by atoms with Crippen LogP contribution in [-0.4, -0.2) is 17.2 Å². The molecule has 1 aliphatic heterocycles. The molecule has 0 saturated carbocycles. The van der Waals surface area contributed by atoms with Gasteiger partial charge in [0.2, 0.25) is 0 Å². The number of carbonyl (C=O) groups excluding carboxylic acids is 1. The van der Waals surface area contributed by atoms with Gasteiger partial charge in [-0.05, 0) is 41.3 Å². The number of rotatable bonds is 5. The van der Waals surface area contributed by atoms with Gasteiger partial charge >= 0.3 is 6.29 Å². The highest BCUT2D eigenvalue weighted by Crippen LogP contribution is 2.42. The summed E-state index contributed by atoms with van der Waals surface area (Å²) in [6.07, 6.45) is -0.300. The third-order valence-corrected chi connectivity index (χ3v) is 4.68. The summed E-state index contributed by atoms with van der Waals surface area (Å²) < 4.78 is 34.9. The highest BCUT2D eigenvalue weighted by Gasteiger charge is 2.43. The van der Waals surface area contributed by atoms with Crippen molar-refractivity contribution in [3.63, 3.8) is 0 Å². The first-order valence-corrected chi connectivity index (χ1v) is 8.80. The molecule has 138 valence electrons. The van der Waals surface area contributed by atoms with Gasteiger partial charge < -0.3 is 20.1 Å². The molecular weight excluding hydrogens is 376 g/mol. The molecule has 0 aliphatic carbocycles. The molecule has 1 aliphatic rings. The Morgan fingerprint density at radius 3 is 2.70 bits per heavy atom. The maximum atomic E-state index is 13.1. The van der Waals surface area contributed by atoms with Crippen LogP contribution in [0.2, 0.25) is 0 Å². The highest BCUT2D eigenvalue weighted by atomic mass is 32.1. The second-order valence-corrected chi connectivity index (χ2v) is 6.57. The van der Waals surface area contributed by atoms with E-state index in [0.717, 1.165) is 5.56 Å². The van der Waals surface area contributed by atoms with Crippen LogP contribution >= 0.6 is 11.3 Å². The lowest BCUT2D eigenvalue weighted by Crippen LogP contribution is -2.25. The Kier molecular flexibility index (Phi) is 4.36. The number of anilines is 2. The lowest BCUT2D eigenvalue weighted by atomic mass is 10.2. The normalized spacial score (nSPS) is 14.0. The van der Waals surface area contributed by atoms with E-state index in [-0.39, 0.29) is 17.4 Å². The standard InChI is InChI=1S/C18H13F2N3O3S/c19-18(20)25-14-2-1-12(9-15(14)26-18)23-17(24)16-13(5-8-27-16)22-10-11-3-6-21-7-4-11/h1-9,22H,10H2,(H,23,24). The summed E-state index contributed by atoms with van der Waals surface area (Å²) in [6.45, 7) is 0.540. The van der Waals surface area contributed by atoms with Gasteiger partial charge in [-0.15, -0.1) is 20.1 Å². The molecule has 2 N–H and O–H groups in total. The minimum Gasteiger partial charge on any atom is -0.395 e. The highest BCUT2D eigenvalue weighted by molar-refractivity contribution is 7.12. The van der Waals surface area contributed by atoms with E-state index in [1.807, 2.05) is 12.1 Å². The molecule has 1 amide bonds. The monoisotopic (exact) mass is 389 g/mol. The summed E-state index contributed by atoms with van der Waals surface area (Å²) in [6, 6.07) is 9.65. The van der Waals surface area contributed by atoms with Crippen molar-refractivity contribution in [2.45, 2.75) is 12.8 Å². The van der Waals surface area contributed by atoms with Gasteiger partial charge in [0.25, 0.3) is 5.91 Å². The van der Waals surface area contributed by atoms with Crippen LogP contribution < -0.4 is 20.1 Å². The molecule has 9 heteroatoms. The largest absolute Gasteiger partial charge is 0.586 e. The molecule has 1 aromatic carbocycles. The van der Waals surface area contributed by atoms with Gasteiger partial charge in [-0.2, -0.15) is 0 Å². The van der Waals surface area contributed by atoms with Crippen molar-refractivity contribution in [3.05, 3.63) is 64.6 Å². The van der Waals surface area contributed by atoms with E-state index in [0.29, 0.717) is 22.8 Å². The zero-order chi connectivity index (χ0) is 18.9. The first-order valence-electron chi connectivity index (χ1n) is 7.92. The second-order valence-electron chi connectivity index (χ2n) is 5.66. The predicted octanol–water partition coefficient (Wildman–Crippen LogP) is 4.33. The summed E-state index contributed by atoms with van der Waals surface area (Å²) >= 11 is 1.27. The van der Waals surface area contributed by atoms with Crippen LogP contribution in [0.3, 0.4) is 0 Å². The van der Waals surface area contributed by atoms with Crippen LogP contribution in [0.25, 0.3) is 0 Å². The molecule has 6 nitrogen and oxygen atoms in total. The summed E-state index contributed by atoms with van der Waals surface area (Å²) in [5.74, 6) is -0.554. The molecule has 27 heavy (non-hydrogen) atoms. The van der Waals surface area contributed by atoms with Crippen LogP contribution in [0.1, 0.15) is 15.2 Å². The molecule has 0 radical (unpaired) electrons. The number of thiophene rings is 1. The number of benzene rings is 1. The number of pyridine rings is 1. The number of carbonyl (C=O) groups is 1. The first kappa shape index (κ1) is 17.2. The van der Waals surface area contributed by atoms with Crippen LogP contribution in [-0.2, 0) is 6.54 Å². The fraction of sp³-hybridized carbons (Fsp3) is 0.111. The Balaban J connectivity index is 1.45. The number of nitrogens with one attached hydrogen (secondary N) is 2. The zero-order valence-corrected chi connectivity index (χ0v) is 14.6. The van der Waals surface area contributed by atoms with Crippen LogP contribution in [0, 0.1) is 0 Å². The maximum absolute atomic E-state index is 13.1. The van der Waals surface area contributed by atoms with E-state index in [1.165, 1.54) is 29.5 Å². The Bertz CT molecular complexity index is 979. The number of ether oxygens (including phenoxy) is 2. The molecule has 0 saturated heterocycles. The number of hydrogen-bond donors (Lipinski definition) is 2. The average molecular weight is 389 g/mol. The smallest absolute Gasteiger partial charge is 0.395 e. The number of halogens is 2. The molecule has 0 bridgehead atoms. The van der Waals surface area contributed by atoms with Gasteiger partial charge in [0.05, 0.1) is 5.69 Å². The molecule has 2 aromatic heterocycles. The van der Waals surface area contributed by atoms with Crippen molar-refractivity contribution < 1.29 is 23.0 Å². The number of nitrogens with zero attached hydrogens (tertiary/aromatic N) is 1. The number of aromatic nitrogens is 1. The Morgan fingerprint density at radius 1 is 1.11 bits per heavy atom. The third kappa shape index (κ3) is 3.82. The lowest BCUT2D eigenvalue weighted by molar-refractivity contribution is -0.286. The fourth-order valence-electron chi connectivity index (χ4n) is 2.54. The van der Waals surface area contributed by atoms with Crippen molar-refractivity contribution in [1.82, 2.24) is 4.98 Å². The van der Waals surface area contributed by atoms with Gasteiger partial charge in [-0.3, -0.25) is 9.78 Å². The molecule has 3 heterocycles. The van der Waals surface area contributed by atoms with Crippen molar-refractivity contribution in [1.29, 1.82) is 0 Å². The van der Waals surface area contributed by atoms with Gasteiger partial charge in [0, 0.05) is 30.7 Å². The van der Waals surface area contributed by atoms with Crippen LogP contribution in [0.15, 0.2) is 54.2 Å². The van der Waals surface area contributed by atoms with Gasteiger partial charge in [0.15, 0.2) is 11.5 Å². The number of alkyl halides is 2. The Morgan fingerprint density at radius 2 is 1.89 bits per heavy atom. The first-order chi connectivity index (χ1) is 13.0. The Labute approximate surface area is 156 Å². The molecule has 0 spiro atoms. The minimum atomic E-state index is -3.69. The van der Waals surface area contributed by atoms with E-state index < -0.39 is 6.29 Å². The van der Waals surface area contributed by atoms with E-state index in [1.54, 1.807) is 23.8 Å². The Hall–Kier alpha value is -3.20. The molecule has 0 unspecified atom stereocenters. The summed E-state index contributed by atoms with van der Waals surface area (Å²) in [5, 5.41) is 7.68. The van der Waals surface area contributed by atoms with E-state index in [2.05, 4.69) is 25.1 Å². The lowest BCUT2D eigenvalue weighted by Gasteiger charge is -2.09. The van der Waals surface area contributed by atoms with Crippen molar-refractivity contribution in [2.24, 2.45) is 0 Å². The van der Waals surface area contributed by atoms with E-state index in [4.69, 9.17) is 0 Å². The van der Waals surface area contributed by atoms with Crippen molar-refractivity contribution >= 4 is 28.6 Å². The molecule has 3 aromatic rings. The summed E-state index contributed by atoms with van der Waals surface area (Å²) in [5.41, 5.74) is 2.04. The van der Waals surface area contributed by atoms with Gasteiger partial charge in [0.1, 0.15) is 4.88 Å². The molecular formula is C18H13F2N3O3S. The van der Waals surface area contributed by atoms with E-state index in [9.17, 15) is 13.6 Å². The van der Waals surface area contributed by atoms with Crippen molar-refractivity contribution in [2.75, 3.05) is 10.6 Å². The van der Waals surface area contributed by atoms with Crippen molar-refractivity contribution in [3.8, 4) is 11.5 Å². The van der Waals surface area contributed by atoms with Crippen LogP contribution in [0.5, 0.6) is 11.5 Å². The molecule has 0 atom stereocenters. The SMILES string of the molecule is O=C(Nc1ccc2c(c1)OC(F)(F)O2)c1sccc1NCc1ccncc1. The zero-order valence-electron chi connectivity index (χ0n) is 13.7. The fourth-order valence-corrected chi connectivity index (χ4v) is 3.30.